The molecule has 1 fully saturated rings. The summed E-state index contributed by atoms with van der Waals surface area (Å²) in [5.74, 6) is -1.00. The van der Waals surface area contributed by atoms with Crippen molar-refractivity contribution in [3.05, 3.63) is 28.0 Å². The monoisotopic (exact) mass is 342 g/mol. The van der Waals surface area contributed by atoms with Crippen LogP contribution in [-0.4, -0.2) is 38.9 Å². The van der Waals surface area contributed by atoms with E-state index in [0.717, 1.165) is 0 Å². The lowest BCUT2D eigenvalue weighted by molar-refractivity contribution is -0.154. The first-order valence-corrected chi connectivity index (χ1v) is 6.70. The third-order valence-corrected chi connectivity index (χ3v) is 3.83. The summed E-state index contributed by atoms with van der Waals surface area (Å²) in [4.78, 5) is 13.2. The largest absolute Gasteiger partial charge is 0.467 e. The summed E-state index contributed by atoms with van der Waals surface area (Å²) in [6, 6.07) is 4.96. The predicted molar refractivity (Wildman–Crippen MR) is 72.8 cm³/mol. The Labute approximate surface area is 124 Å². The van der Waals surface area contributed by atoms with Gasteiger partial charge in [0.25, 0.3) is 0 Å². The number of carbonyl (C=O) groups is 1. The molecular weight excluding hydrogens is 331 g/mol. The number of hydrogen-bond acceptors (Lipinski definition) is 5. The van der Waals surface area contributed by atoms with Crippen LogP contribution in [-0.2, 0) is 14.3 Å². The first-order chi connectivity index (χ1) is 9.58. The van der Waals surface area contributed by atoms with E-state index in [1.807, 2.05) is 6.07 Å². The number of nitriles is 1. The van der Waals surface area contributed by atoms with E-state index in [1.165, 1.54) is 19.2 Å². The summed E-state index contributed by atoms with van der Waals surface area (Å²) in [7, 11) is 1.28. The van der Waals surface area contributed by atoms with Crippen LogP contribution in [0, 0.1) is 17.1 Å². The number of hydrogen-bond donors (Lipinski definition) is 0. The van der Waals surface area contributed by atoms with Gasteiger partial charge in [-0.1, -0.05) is 0 Å². The van der Waals surface area contributed by atoms with E-state index >= 15 is 0 Å². The minimum Gasteiger partial charge on any atom is -0.467 e. The van der Waals surface area contributed by atoms with Crippen molar-refractivity contribution < 1.29 is 18.7 Å². The van der Waals surface area contributed by atoms with E-state index in [1.54, 1.807) is 4.90 Å². The highest BCUT2D eigenvalue weighted by Crippen LogP contribution is 2.30. The molecule has 2 rings (SSSR count). The molecule has 0 amide bonds. The quantitative estimate of drug-likeness (QED) is 0.767. The number of benzene rings is 1. The lowest BCUT2D eigenvalue weighted by atomic mass is 10.1. The number of carbonyl (C=O) groups excluding carboxylic acids is 1. The number of esters is 1. The van der Waals surface area contributed by atoms with E-state index in [9.17, 15) is 9.18 Å². The predicted octanol–water partition coefficient (Wildman–Crippen LogP) is 1.84. The Morgan fingerprint density at radius 3 is 3.05 bits per heavy atom. The smallest absolute Gasteiger partial charge is 0.336 e. The van der Waals surface area contributed by atoms with Crippen molar-refractivity contribution in [3.8, 4) is 6.07 Å². The molecule has 5 nitrogen and oxygen atoms in total. The van der Waals surface area contributed by atoms with Crippen molar-refractivity contribution in [2.24, 2.45) is 0 Å². The summed E-state index contributed by atoms with van der Waals surface area (Å²) < 4.78 is 24.3. The fourth-order valence-electron chi connectivity index (χ4n) is 2.01. The van der Waals surface area contributed by atoms with Crippen LogP contribution in [0.15, 0.2) is 16.6 Å². The minimum absolute atomic E-state index is 0.124. The lowest BCUT2D eigenvalue weighted by Crippen LogP contribution is -2.46. The van der Waals surface area contributed by atoms with Crippen LogP contribution < -0.4 is 4.90 Å². The molecule has 1 aliphatic rings. The Balaban J connectivity index is 2.26. The normalized spacial score (nSPS) is 18.5. The maximum atomic E-state index is 14.2. The number of halogens is 2. The molecule has 0 N–H and O–H groups in total. The molecule has 7 heteroatoms. The molecule has 1 unspecified atom stereocenters. The van der Waals surface area contributed by atoms with Gasteiger partial charge in [-0.25, -0.2) is 9.18 Å². The maximum Gasteiger partial charge on any atom is 0.336 e. The van der Waals surface area contributed by atoms with Gasteiger partial charge in [-0.15, -0.1) is 0 Å². The van der Waals surface area contributed by atoms with Crippen LogP contribution in [0.5, 0.6) is 0 Å². The van der Waals surface area contributed by atoms with Crippen LogP contribution in [0.1, 0.15) is 5.56 Å². The Morgan fingerprint density at radius 1 is 1.65 bits per heavy atom. The molecule has 1 atom stereocenters. The molecule has 0 aromatic heterocycles. The highest BCUT2D eigenvalue weighted by molar-refractivity contribution is 9.10. The topological polar surface area (TPSA) is 62.6 Å². The second kappa shape index (κ2) is 6.20. The number of methoxy groups -OCH3 is 1. The second-order valence-corrected chi connectivity index (χ2v) is 4.99. The van der Waals surface area contributed by atoms with E-state index < -0.39 is 17.9 Å². The standard InChI is InChI=1S/C13H12BrFN2O3/c1-19-13(18)10-7-17(4-5-20-10)9-3-2-8(6-16)11(14)12(9)15/h2-3,10H,4-5,7H2,1H3. The number of ether oxygens (including phenoxy) is 2. The van der Waals surface area contributed by atoms with Gasteiger partial charge >= 0.3 is 5.97 Å². The number of anilines is 1. The molecule has 106 valence electrons. The van der Waals surface area contributed by atoms with Crippen LogP contribution in [0.25, 0.3) is 0 Å². The third kappa shape index (κ3) is 2.76. The van der Waals surface area contributed by atoms with Crippen molar-refractivity contribution in [1.29, 1.82) is 5.26 Å². The second-order valence-electron chi connectivity index (χ2n) is 4.20. The summed E-state index contributed by atoms with van der Waals surface area (Å²) >= 11 is 3.07. The number of nitrogens with zero attached hydrogens (tertiary/aromatic N) is 2. The van der Waals surface area contributed by atoms with Gasteiger partial charge < -0.3 is 14.4 Å². The molecule has 0 radical (unpaired) electrons. The van der Waals surface area contributed by atoms with Crippen molar-refractivity contribution in [3.63, 3.8) is 0 Å². The minimum atomic E-state index is -0.734. The van der Waals surface area contributed by atoms with E-state index in [2.05, 4.69) is 20.7 Å². The molecule has 0 aliphatic carbocycles. The fourth-order valence-corrected chi connectivity index (χ4v) is 2.44. The van der Waals surface area contributed by atoms with Crippen LogP contribution in [0.4, 0.5) is 10.1 Å². The molecule has 1 heterocycles. The Hall–Kier alpha value is -1.65. The molecular formula is C13H12BrFN2O3. The van der Waals surface area contributed by atoms with Gasteiger partial charge in [0.2, 0.25) is 0 Å². The highest BCUT2D eigenvalue weighted by atomic mass is 79.9. The molecule has 1 aromatic rings. The number of rotatable bonds is 2. The van der Waals surface area contributed by atoms with Gasteiger partial charge in [0.15, 0.2) is 11.9 Å². The molecule has 0 saturated carbocycles. The SMILES string of the molecule is COC(=O)C1CN(c2ccc(C#N)c(Br)c2F)CCO1. The Kier molecular flexibility index (Phi) is 4.57. The summed E-state index contributed by atoms with van der Waals surface area (Å²) in [6.45, 7) is 0.974. The molecule has 0 spiro atoms. The molecule has 20 heavy (non-hydrogen) atoms. The molecule has 0 bridgehead atoms. The van der Waals surface area contributed by atoms with Crippen molar-refractivity contribution in [1.82, 2.24) is 0 Å². The first-order valence-electron chi connectivity index (χ1n) is 5.91. The maximum absolute atomic E-state index is 14.2. The Morgan fingerprint density at radius 2 is 2.40 bits per heavy atom. The van der Waals surface area contributed by atoms with Crippen LogP contribution in [0.3, 0.4) is 0 Å². The van der Waals surface area contributed by atoms with Gasteiger partial charge in [-0.3, -0.25) is 0 Å². The molecule has 1 saturated heterocycles. The highest BCUT2D eigenvalue weighted by Gasteiger charge is 2.29. The van der Waals surface area contributed by atoms with Crippen molar-refractivity contribution in [2.45, 2.75) is 6.10 Å². The van der Waals surface area contributed by atoms with Gasteiger partial charge in [-0.05, 0) is 28.1 Å². The third-order valence-electron chi connectivity index (χ3n) is 3.05. The lowest BCUT2D eigenvalue weighted by Gasteiger charge is -2.33. The average molecular weight is 343 g/mol. The van der Waals surface area contributed by atoms with E-state index in [4.69, 9.17) is 10.00 Å². The van der Waals surface area contributed by atoms with Crippen LogP contribution in [0.2, 0.25) is 0 Å². The molecule has 1 aromatic carbocycles. The zero-order chi connectivity index (χ0) is 14.7. The van der Waals surface area contributed by atoms with Crippen LogP contribution >= 0.6 is 15.9 Å². The Bertz CT molecular complexity index is 573. The summed E-state index contributed by atoms with van der Waals surface area (Å²) in [5.41, 5.74) is 0.553. The van der Waals surface area contributed by atoms with Gasteiger partial charge in [0.1, 0.15) is 6.07 Å². The van der Waals surface area contributed by atoms with E-state index in [0.29, 0.717) is 18.8 Å². The van der Waals surface area contributed by atoms with Gasteiger partial charge in [0.05, 0.1) is 36.0 Å². The summed E-state index contributed by atoms with van der Waals surface area (Å²) in [5, 5.41) is 8.85. The van der Waals surface area contributed by atoms with Crippen molar-refractivity contribution in [2.75, 3.05) is 31.7 Å². The molecule has 1 aliphatic heterocycles. The average Bonchev–Trinajstić information content (AvgIpc) is 2.49. The van der Waals surface area contributed by atoms with E-state index in [-0.39, 0.29) is 16.6 Å². The van der Waals surface area contributed by atoms with Gasteiger partial charge in [-0.2, -0.15) is 5.26 Å². The number of morpholine rings is 1. The zero-order valence-corrected chi connectivity index (χ0v) is 12.3. The van der Waals surface area contributed by atoms with Gasteiger partial charge in [0, 0.05) is 6.54 Å². The fraction of sp³-hybridized carbons (Fsp3) is 0.385. The zero-order valence-electron chi connectivity index (χ0n) is 10.7. The summed E-state index contributed by atoms with van der Waals surface area (Å²) in [6.07, 6.45) is -0.734. The first kappa shape index (κ1) is 14.8. The van der Waals surface area contributed by atoms with Crippen molar-refractivity contribution >= 4 is 27.6 Å².